The van der Waals surface area contributed by atoms with Crippen molar-refractivity contribution >= 4 is 23.4 Å². The molecule has 0 fully saturated rings. The molecule has 8 nitrogen and oxygen atoms in total. The van der Waals surface area contributed by atoms with Gasteiger partial charge >= 0.3 is 11.8 Å². The highest BCUT2D eigenvalue weighted by Crippen LogP contribution is 2.32. The van der Waals surface area contributed by atoms with Gasteiger partial charge in [-0.15, -0.1) is 0 Å². The number of para-hydroxylation sites is 1. The Labute approximate surface area is 181 Å². The maximum Gasteiger partial charge on any atom is 0.313 e. The molecule has 0 bridgehead atoms. The summed E-state index contributed by atoms with van der Waals surface area (Å²) in [5, 5.41) is 7.95. The third-order valence-corrected chi connectivity index (χ3v) is 4.83. The summed E-state index contributed by atoms with van der Waals surface area (Å²) in [6, 6.07) is 12.0. The van der Waals surface area contributed by atoms with E-state index in [1.807, 2.05) is 6.07 Å². The minimum Gasteiger partial charge on any atom is -0.454 e. The summed E-state index contributed by atoms with van der Waals surface area (Å²) >= 11 is 0. The number of carbonyl (C=O) groups is 3. The van der Waals surface area contributed by atoms with Gasteiger partial charge in [-0.3, -0.25) is 14.4 Å². The lowest BCUT2D eigenvalue weighted by Gasteiger charge is -2.12. The van der Waals surface area contributed by atoms with Gasteiger partial charge in [0.2, 0.25) is 6.79 Å². The highest BCUT2D eigenvalue weighted by atomic mass is 16.7. The van der Waals surface area contributed by atoms with E-state index in [1.54, 1.807) is 36.4 Å². The van der Waals surface area contributed by atoms with E-state index in [0.29, 0.717) is 18.0 Å². The van der Waals surface area contributed by atoms with Crippen LogP contribution in [0.1, 0.15) is 48.5 Å². The van der Waals surface area contributed by atoms with Gasteiger partial charge < -0.3 is 25.4 Å². The quantitative estimate of drug-likeness (QED) is 0.423. The first-order chi connectivity index (χ1) is 15.1. The summed E-state index contributed by atoms with van der Waals surface area (Å²) in [6.45, 7) is 3.01. The molecule has 2 aromatic carbocycles. The summed E-state index contributed by atoms with van der Waals surface area (Å²) in [4.78, 5) is 36.9. The van der Waals surface area contributed by atoms with Gasteiger partial charge in [-0.25, -0.2) is 0 Å². The summed E-state index contributed by atoms with van der Waals surface area (Å²) in [5.41, 5.74) is 1.39. The number of benzene rings is 2. The lowest BCUT2D eigenvalue weighted by molar-refractivity contribution is -0.136. The highest BCUT2D eigenvalue weighted by molar-refractivity contribution is 6.40. The lowest BCUT2D eigenvalue weighted by Crippen LogP contribution is -2.36. The van der Waals surface area contributed by atoms with Crippen LogP contribution in [0.3, 0.4) is 0 Å². The van der Waals surface area contributed by atoms with Crippen LogP contribution in [-0.4, -0.2) is 31.1 Å². The van der Waals surface area contributed by atoms with E-state index in [-0.39, 0.29) is 30.5 Å². The molecule has 0 saturated carbocycles. The van der Waals surface area contributed by atoms with Crippen molar-refractivity contribution in [2.45, 2.75) is 39.2 Å². The Morgan fingerprint density at radius 3 is 2.55 bits per heavy atom. The zero-order valence-electron chi connectivity index (χ0n) is 17.5. The minimum atomic E-state index is -0.800. The second-order valence-corrected chi connectivity index (χ2v) is 7.19. The summed E-state index contributed by atoms with van der Waals surface area (Å²) in [7, 11) is 0. The molecule has 0 aromatic heterocycles. The second-order valence-electron chi connectivity index (χ2n) is 7.19. The fraction of sp³-hybridized carbons (Fsp3) is 0.348. The number of nitrogens with one attached hydrogen (secondary N) is 3. The van der Waals surface area contributed by atoms with E-state index in [4.69, 9.17) is 9.47 Å². The van der Waals surface area contributed by atoms with Crippen LogP contribution < -0.4 is 25.4 Å². The van der Waals surface area contributed by atoms with Crippen LogP contribution in [0.15, 0.2) is 42.5 Å². The molecule has 1 aliphatic heterocycles. The molecular formula is C23H27N3O5. The molecule has 0 saturated heterocycles. The maximum absolute atomic E-state index is 12.7. The predicted molar refractivity (Wildman–Crippen MR) is 116 cm³/mol. The zero-order chi connectivity index (χ0) is 22.1. The topological polar surface area (TPSA) is 106 Å². The lowest BCUT2D eigenvalue weighted by atomic mass is 10.1. The minimum absolute atomic E-state index is 0.185. The molecule has 3 amide bonds. The first-order valence-corrected chi connectivity index (χ1v) is 10.4. The summed E-state index contributed by atoms with van der Waals surface area (Å²) in [5.74, 6) is -0.570. The maximum atomic E-state index is 12.7. The van der Waals surface area contributed by atoms with Crippen molar-refractivity contribution in [2.24, 2.45) is 0 Å². The number of hydrogen-bond donors (Lipinski definition) is 3. The molecule has 0 radical (unpaired) electrons. The second kappa shape index (κ2) is 11.0. The molecule has 2 aromatic rings. The van der Waals surface area contributed by atoms with E-state index in [2.05, 4.69) is 22.9 Å². The average Bonchev–Trinajstić information content (AvgIpc) is 3.25. The molecule has 164 valence electrons. The first-order valence-electron chi connectivity index (χ1n) is 10.4. The fourth-order valence-corrected chi connectivity index (χ4v) is 3.13. The molecule has 3 N–H and O–H groups in total. The average molecular weight is 425 g/mol. The summed E-state index contributed by atoms with van der Waals surface area (Å²) < 4.78 is 10.6. The van der Waals surface area contributed by atoms with Gasteiger partial charge in [-0.1, -0.05) is 44.4 Å². The van der Waals surface area contributed by atoms with Gasteiger partial charge in [-0.2, -0.15) is 0 Å². The SMILES string of the molecule is CCCCCCNC(=O)C(=O)Nc1ccccc1C(=O)NCc1ccc2c(c1)OCO2. The molecule has 0 aliphatic carbocycles. The molecule has 0 unspecified atom stereocenters. The van der Waals surface area contributed by atoms with Crippen molar-refractivity contribution < 1.29 is 23.9 Å². The molecular weight excluding hydrogens is 398 g/mol. The van der Waals surface area contributed by atoms with Crippen molar-refractivity contribution in [2.75, 3.05) is 18.7 Å². The number of fused-ring (bicyclic) bond motifs is 1. The Bertz CT molecular complexity index is 945. The zero-order valence-corrected chi connectivity index (χ0v) is 17.5. The third kappa shape index (κ3) is 6.21. The smallest absolute Gasteiger partial charge is 0.313 e. The van der Waals surface area contributed by atoms with Crippen LogP contribution in [0.4, 0.5) is 5.69 Å². The standard InChI is InChI=1S/C23H27N3O5/c1-2-3-4-7-12-24-22(28)23(29)26-18-9-6-5-8-17(18)21(27)25-14-16-10-11-19-20(13-16)31-15-30-19/h5-6,8-11,13H,2-4,7,12,14-15H2,1H3,(H,24,28)(H,25,27)(H,26,29). The molecule has 8 heteroatoms. The predicted octanol–water partition coefficient (Wildman–Crippen LogP) is 2.98. The molecule has 1 heterocycles. The Morgan fingerprint density at radius 1 is 0.903 bits per heavy atom. The third-order valence-electron chi connectivity index (χ3n) is 4.83. The Balaban J connectivity index is 1.54. The molecule has 31 heavy (non-hydrogen) atoms. The monoisotopic (exact) mass is 425 g/mol. The van der Waals surface area contributed by atoms with Crippen LogP contribution >= 0.6 is 0 Å². The Kier molecular flexibility index (Phi) is 7.86. The summed E-state index contributed by atoms with van der Waals surface area (Å²) in [6.07, 6.45) is 4.02. The molecule has 1 aliphatic rings. The van der Waals surface area contributed by atoms with Gasteiger partial charge in [0.15, 0.2) is 11.5 Å². The van der Waals surface area contributed by atoms with E-state index in [0.717, 1.165) is 31.2 Å². The molecule has 0 atom stereocenters. The number of rotatable bonds is 9. The van der Waals surface area contributed by atoms with Crippen LogP contribution in [0, 0.1) is 0 Å². The molecule has 0 spiro atoms. The van der Waals surface area contributed by atoms with Gasteiger partial charge in [0.05, 0.1) is 11.3 Å². The van der Waals surface area contributed by atoms with Crippen LogP contribution in [0.5, 0.6) is 11.5 Å². The van der Waals surface area contributed by atoms with Crippen molar-refractivity contribution in [3.05, 3.63) is 53.6 Å². The van der Waals surface area contributed by atoms with Crippen molar-refractivity contribution in [1.82, 2.24) is 10.6 Å². The van der Waals surface area contributed by atoms with E-state index < -0.39 is 11.8 Å². The number of anilines is 1. The number of ether oxygens (including phenoxy) is 2. The van der Waals surface area contributed by atoms with Gasteiger partial charge in [0, 0.05) is 13.1 Å². The van der Waals surface area contributed by atoms with E-state index in [9.17, 15) is 14.4 Å². The number of carbonyl (C=O) groups excluding carboxylic acids is 3. The van der Waals surface area contributed by atoms with Crippen molar-refractivity contribution in [3.63, 3.8) is 0 Å². The fourth-order valence-electron chi connectivity index (χ4n) is 3.13. The number of amides is 3. The van der Waals surface area contributed by atoms with Crippen LogP contribution in [-0.2, 0) is 16.1 Å². The first kappa shape index (κ1) is 22.1. The van der Waals surface area contributed by atoms with Crippen molar-refractivity contribution in [1.29, 1.82) is 0 Å². The largest absolute Gasteiger partial charge is 0.454 e. The Morgan fingerprint density at radius 2 is 1.71 bits per heavy atom. The molecule has 3 rings (SSSR count). The van der Waals surface area contributed by atoms with Crippen LogP contribution in [0.25, 0.3) is 0 Å². The Hall–Kier alpha value is -3.55. The van der Waals surface area contributed by atoms with Gasteiger partial charge in [-0.05, 0) is 36.2 Å². The van der Waals surface area contributed by atoms with Crippen LogP contribution in [0.2, 0.25) is 0 Å². The van der Waals surface area contributed by atoms with E-state index >= 15 is 0 Å². The van der Waals surface area contributed by atoms with Gasteiger partial charge in [0.25, 0.3) is 5.91 Å². The van der Waals surface area contributed by atoms with Crippen molar-refractivity contribution in [3.8, 4) is 11.5 Å². The highest BCUT2D eigenvalue weighted by Gasteiger charge is 2.18. The van der Waals surface area contributed by atoms with Gasteiger partial charge in [0.1, 0.15) is 0 Å². The number of unbranched alkanes of at least 4 members (excludes halogenated alkanes) is 3. The van der Waals surface area contributed by atoms with E-state index in [1.165, 1.54) is 0 Å². The number of hydrogen-bond acceptors (Lipinski definition) is 5. The normalized spacial score (nSPS) is 11.6.